The summed E-state index contributed by atoms with van der Waals surface area (Å²) in [6.45, 7) is 4.00. The predicted molar refractivity (Wildman–Crippen MR) is 117 cm³/mol. The minimum absolute atomic E-state index is 0.0778. The topological polar surface area (TPSA) is 96.1 Å². The molecule has 1 aromatic carbocycles. The lowest BCUT2D eigenvalue weighted by molar-refractivity contribution is -0.131. The molecular formula is C22H28N6O2. The quantitative estimate of drug-likeness (QED) is 0.576. The fourth-order valence-electron chi connectivity index (χ4n) is 3.87. The van der Waals surface area contributed by atoms with Gasteiger partial charge in [0.05, 0.1) is 19.2 Å². The van der Waals surface area contributed by atoms with E-state index in [1.165, 1.54) is 0 Å². The Bertz CT molecular complexity index is 880. The minimum atomic E-state index is 0.0778. The number of nitrogens with one attached hydrogen (secondary N) is 1. The van der Waals surface area contributed by atoms with Crippen molar-refractivity contribution < 1.29 is 9.53 Å². The number of para-hydroxylation sites is 1. The second kappa shape index (κ2) is 9.47. The average Bonchev–Trinajstić information content (AvgIpc) is 2.80. The van der Waals surface area contributed by atoms with E-state index in [4.69, 9.17) is 10.5 Å². The van der Waals surface area contributed by atoms with Gasteiger partial charge in [-0.3, -0.25) is 9.79 Å². The number of hydrogen-bond acceptors (Lipinski definition) is 5. The third kappa shape index (κ3) is 4.82. The van der Waals surface area contributed by atoms with E-state index in [0.29, 0.717) is 38.6 Å². The summed E-state index contributed by atoms with van der Waals surface area (Å²) in [7, 11) is 0. The Morgan fingerprint density at radius 2 is 1.97 bits per heavy atom. The number of aromatic nitrogens is 1. The number of aliphatic imine (C=N–C) groups is 1. The van der Waals surface area contributed by atoms with Crippen LogP contribution < -0.4 is 20.7 Å². The monoisotopic (exact) mass is 408 g/mol. The number of rotatable bonds is 5. The first-order valence-electron chi connectivity index (χ1n) is 10.4. The first kappa shape index (κ1) is 20.0. The number of ether oxygens (including phenoxy) is 1. The zero-order chi connectivity index (χ0) is 20.8. The highest BCUT2D eigenvalue weighted by molar-refractivity contribution is 5.80. The number of carbonyl (C=O) groups is 1. The van der Waals surface area contributed by atoms with Crippen molar-refractivity contribution in [1.82, 2.24) is 15.2 Å². The molecule has 30 heavy (non-hydrogen) atoms. The number of anilines is 1. The summed E-state index contributed by atoms with van der Waals surface area (Å²) in [6.07, 6.45) is 2.98. The number of fused-ring (bicyclic) bond motifs is 1. The standard InChI is InChI=1S/C22H28N6O2/c23-22(26-18-9-16-30-19-6-2-1-5-17(18)19)25-11-8-21(29)28-14-12-27(13-15-28)20-7-3-4-10-24-20/h1-7,10,18H,8-9,11-16H2,(H3,23,25,26). The summed E-state index contributed by atoms with van der Waals surface area (Å²) in [4.78, 5) is 25.4. The van der Waals surface area contributed by atoms with Gasteiger partial charge in [0.25, 0.3) is 0 Å². The molecule has 1 atom stereocenters. The van der Waals surface area contributed by atoms with E-state index in [2.05, 4.69) is 20.2 Å². The molecule has 2 aromatic rings. The lowest BCUT2D eigenvalue weighted by Crippen LogP contribution is -2.49. The Kier molecular flexibility index (Phi) is 6.32. The molecular weight excluding hydrogens is 380 g/mol. The van der Waals surface area contributed by atoms with Crippen molar-refractivity contribution in [1.29, 1.82) is 0 Å². The van der Waals surface area contributed by atoms with Crippen LogP contribution in [0.3, 0.4) is 0 Å². The first-order chi connectivity index (χ1) is 14.7. The second-order valence-electron chi connectivity index (χ2n) is 7.44. The minimum Gasteiger partial charge on any atom is -0.493 e. The zero-order valence-electron chi connectivity index (χ0n) is 17.0. The molecule has 3 N–H and O–H groups in total. The smallest absolute Gasteiger partial charge is 0.224 e. The summed E-state index contributed by atoms with van der Waals surface area (Å²) in [6, 6.07) is 13.9. The Morgan fingerprint density at radius 1 is 1.17 bits per heavy atom. The van der Waals surface area contributed by atoms with Crippen molar-refractivity contribution in [2.24, 2.45) is 10.7 Å². The van der Waals surface area contributed by atoms with Gasteiger partial charge in [-0.2, -0.15) is 0 Å². The predicted octanol–water partition coefficient (Wildman–Crippen LogP) is 1.55. The maximum Gasteiger partial charge on any atom is 0.224 e. The summed E-state index contributed by atoms with van der Waals surface area (Å²) in [5.74, 6) is 2.32. The number of nitrogens with two attached hydrogens (primary N) is 1. The highest BCUT2D eigenvalue weighted by atomic mass is 16.5. The molecule has 0 radical (unpaired) electrons. The molecule has 0 bridgehead atoms. The lowest BCUT2D eigenvalue weighted by Gasteiger charge is -2.35. The third-order valence-electron chi connectivity index (χ3n) is 5.49. The highest BCUT2D eigenvalue weighted by Gasteiger charge is 2.22. The summed E-state index contributed by atoms with van der Waals surface area (Å²) < 4.78 is 5.67. The maximum atomic E-state index is 12.5. The van der Waals surface area contributed by atoms with Crippen LogP contribution in [0.1, 0.15) is 24.4 Å². The third-order valence-corrected chi connectivity index (χ3v) is 5.49. The SMILES string of the molecule is NC(=NCCC(=O)N1CCN(c2ccccn2)CC1)NC1CCOc2ccccc21. The van der Waals surface area contributed by atoms with Gasteiger partial charge in [-0.1, -0.05) is 24.3 Å². The molecule has 3 heterocycles. The van der Waals surface area contributed by atoms with Crippen LogP contribution in [0.5, 0.6) is 5.75 Å². The zero-order valence-corrected chi connectivity index (χ0v) is 17.0. The van der Waals surface area contributed by atoms with Gasteiger partial charge >= 0.3 is 0 Å². The van der Waals surface area contributed by atoms with Gasteiger partial charge in [0.15, 0.2) is 5.96 Å². The number of amides is 1. The molecule has 1 aromatic heterocycles. The van der Waals surface area contributed by atoms with Gasteiger partial charge < -0.3 is 25.6 Å². The van der Waals surface area contributed by atoms with Crippen LogP contribution >= 0.6 is 0 Å². The number of nitrogens with zero attached hydrogens (tertiary/aromatic N) is 4. The molecule has 0 saturated carbocycles. The van der Waals surface area contributed by atoms with E-state index in [1.54, 1.807) is 6.20 Å². The van der Waals surface area contributed by atoms with Crippen LogP contribution in [0, 0.1) is 0 Å². The lowest BCUT2D eigenvalue weighted by atomic mass is 10.0. The van der Waals surface area contributed by atoms with Crippen molar-refractivity contribution in [2.45, 2.75) is 18.9 Å². The van der Waals surface area contributed by atoms with Gasteiger partial charge in [-0.05, 0) is 18.2 Å². The van der Waals surface area contributed by atoms with Crippen molar-refractivity contribution >= 4 is 17.7 Å². The van der Waals surface area contributed by atoms with E-state index in [0.717, 1.165) is 36.6 Å². The van der Waals surface area contributed by atoms with Crippen LogP contribution in [-0.2, 0) is 4.79 Å². The fourth-order valence-corrected chi connectivity index (χ4v) is 3.87. The molecule has 158 valence electrons. The van der Waals surface area contributed by atoms with E-state index in [1.807, 2.05) is 47.4 Å². The van der Waals surface area contributed by atoms with Crippen LogP contribution in [-0.4, -0.2) is 61.1 Å². The largest absolute Gasteiger partial charge is 0.493 e. The van der Waals surface area contributed by atoms with Crippen LogP contribution in [0.4, 0.5) is 5.82 Å². The number of carbonyl (C=O) groups excluding carboxylic acids is 1. The van der Waals surface area contributed by atoms with E-state index >= 15 is 0 Å². The Balaban J connectivity index is 1.22. The van der Waals surface area contributed by atoms with E-state index < -0.39 is 0 Å². The second-order valence-corrected chi connectivity index (χ2v) is 7.44. The number of benzene rings is 1. The Morgan fingerprint density at radius 3 is 2.77 bits per heavy atom. The molecule has 2 aliphatic heterocycles. The van der Waals surface area contributed by atoms with Crippen LogP contribution in [0.25, 0.3) is 0 Å². The fraction of sp³-hybridized carbons (Fsp3) is 0.409. The molecule has 8 heteroatoms. The first-order valence-corrected chi connectivity index (χ1v) is 10.4. The van der Waals surface area contributed by atoms with Crippen molar-refractivity contribution in [2.75, 3.05) is 44.2 Å². The number of piperazine rings is 1. The maximum absolute atomic E-state index is 12.5. The van der Waals surface area contributed by atoms with Gasteiger partial charge in [0, 0.05) is 50.8 Å². The van der Waals surface area contributed by atoms with Gasteiger partial charge in [-0.25, -0.2) is 4.98 Å². The molecule has 4 rings (SSSR count). The molecule has 1 fully saturated rings. The molecule has 1 amide bonds. The van der Waals surface area contributed by atoms with Crippen LogP contribution in [0.15, 0.2) is 53.7 Å². The Labute approximate surface area is 176 Å². The molecule has 8 nitrogen and oxygen atoms in total. The van der Waals surface area contributed by atoms with Crippen molar-refractivity contribution in [3.05, 3.63) is 54.2 Å². The number of hydrogen-bond donors (Lipinski definition) is 2. The van der Waals surface area contributed by atoms with E-state index in [-0.39, 0.29) is 11.9 Å². The van der Waals surface area contributed by atoms with Crippen LogP contribution in [0.2, 0.25) is 0 Å². The summed E-state index contributed by atoms with van der Waals surface area (Å²) in [5.41, 5.74) is 7.16. The number of pyridine rings is 1. The van der Waals surface area contributed by atoms with Crippen molar-refractivity contribution in [3.8, 4) is 5.75 Å². The molecule has 0 aliphatic carbocycles. The molecule has 2 aliphatic rings. The summed E-state index contributed by atoms with van der Waals surface area (Å²) >= 11 is 0. The van der Waals surface area contributed by atoms with Gasteiger partial charge in [-0.15, -0.1) is 0 Å². The van der Waals surface area contributed by atoms with Gasteiger partial charge in [0.1, 0.15) is 11.6 Å². The number of guanidine groups is 1. The normalized spacial score (nSPS) is 19.1. The van der Waals surface area contributed by atoms with E-state index in [9.17, 15) is 4.79 Å². The molecule has 1 saturated heterocycles. The molecule has 0 spiro atoms. The highest BCUT2D eigenvalue weighted by Crippen LogP contribution is 2.31. The average molecular weight is 409 g/mol. The van der Waals surface area contributed by atoms with Crippen molar-refractivity contribution in [3.63, 3.8) is 0 Å². The Hall–Kier alpha value is -3.29. The summed E-state index contributed by atoms with van der Waals surface area (Å²) in [5, 5.41) is 3.26. The molecule has 1 unspecified atom stereocenters. The van der Waals surface area contributed by atoms with Gasteiger partial charge in [0.2, 0.25) is 5.91 Å².